The van der Waals surface area contributed by atoms with Crippen LogP contribution in [0.1, 0.15) is 26.2 Å². The largest absolute Gasteiger partial charge is 0.383 e. The number of likely N-dealkylation sites (tertiary alicyclic amines) is 1. The number of hydrogen-bond acceptors (Lipinski definition) is 4. The van der Waals surface area contributed by atoms with Gasteiger partial charge in [-0.3, -0.25) is 4.79 Å². The summed E-state index contributed by atoms with van der Waals surface area (Å²) in [5, 5.41) is 6.07. The lowest BCUT2D eigenvalue weighted by atomic mass is 9.96. The minimum absolute atomic E-state index is 0.0899. The van der Waals surface area contributed by atoms with Gasteiger partial charge in [0.05, 0.1) is 13.2 Å². The Morgan fingerprint density at radius 3 is 2.74 bits per heavy atom. The van der Waals surface area contributed by atoms with Crippen LogP contribution in [0.2, 0.25) is 0 Å². The average Bonchev–Trinajstić information content (AvgIpc) is 2.43. The molecule has 1 rings (SSSR count). The minimum Gasteiger partial charge on any atom is -0.383 e. The maximum atomic E-state index is 11.6. The Hall–Kier alpha value is -0.650. The van der Waals surface area contributed by atoms with Crippen LogP contribution in [-0.4, -0.2) is 63.8 Å². The monoisotopic (exact) mass is 271 g/mol. The van der Waals surface area contributed by atoms with Gasteiger partial charge in [-0.25, -0.2) is 0 Å². The Morgan fingerprint density at radius 2 is 2.11 bits per heavy atom. The molecule has 1 saturated heterocycles. The standard InChI is InChI=1S/C14H29N3O2/c1-3-7-17-8-4-13(5-9-17)11-16-14(18)12-15-6-10-19-2/h13,15H,3-12H2,1-2H3,(H,16,18). The van der Waals surface area contributed by atoms with E-state index in [9.17, 15) is 4.79 Å². The fourth-order valence-electron chi connectivity index (χ4n) is 2.43. The van der Waals surface area contributed by atoms with Crippen molar-refractivity contribution in [3.05, 3.63) is 0 Å². The number of methoxy groups -OCH3 is 1. The van der Waals surface area contributed by atoms with Gasteiger partial charge in [0.1, 0.15) is 0 Å². The third-order valence-electron chi connectivity index (χ3n) is 3.60. The molecule has 5 heteroatoms. The van der Waals surface area contributed by atoms with E-state index in [0.717, 1.165) is 13.1 Å². The quantitative estimate of drug-likeness (QED) is 0.598. The molecular formula is C14H29N3O2. The highest BCUT2D eigenvalue weighted by Gasteiger charge is 2.18. The first kappa shape index (κ1) is 16.4. The van der Waals surface area contributed by atoms with E-state index in [1.54, 1.807) is 7.11 Å². The van der Waals surface area contributed by atoms with Crippen molar-refractivity contribution in [1.29, 1.82) is 0 Å². The van der Waals surface area contributed by atoms with E-state index in [1.807, 2.05) is 0 Å². The van der Waals surface area contributed by atoms with E-state index in [0.29, 0.717) is 19.1 Å². The van der Waals surface area contributed by atoms with E-state index in [4.69, 9.17) is 4.74 Å². The Balaban J connectivity index is 2.02. The molecule has 0 aromatic carbocycles. The van der Waals surface area contributed by atoms with Gasteiger partial charge < -0.3 is 20.3 Å². The molecule has 0 aromatic rings. The molecule has 5 nitrogen and oxygen atoms in total. The second-order valence-corrected chi connectivity index (χ2v) is 5.26. The maximum Gasteiger partial charge on any atom is 0.233 e. The average molecular weight is 271 g/mol. The number of amides is 1. The van der Waals surface area contributed by atoms with Crippen molar-refractivity contribution < 1.29 is 9.53 Å². The Morgan fingerprint density at radius 1 is 1.37 bits per heavy atom. The highest BCUT2D eigenvalue weighted by Crippen LogP contribution is 2.16. The molecule has 1 amide bonds. The summed E-state index contributed by atoms with van der Waals surface area (Å²) in [6.07, 6.45) is 3.64. The van der Waals surface area contributed by atoms with E-state index >= 15 is 0 Å². The van der Waals surface area contributed by atoms with Crippen LogP contribution < -0.4 is 10.6 Å². The van der Waals surface area contributed by atoms with E-state index in [1.165, 1.54) is 38.9 Å². The molecule has 0 saturated carbocycles. The Bertz CT molecular complexity index is 241. The molecule has 2 N–H and O–H groups in total. The van der Waals surface area contributed by atoms with E-state index in [2.05, 4.69) is 22.5 Å². The summed E-state index contributed by atoms with van der Waals surface area (Å²) in [6.45, 7) is 8.37. The van der Waals surface area contributed by atoms with Crippen molar-refractivity contribution in [3.63, 3.8) is 0 Å². The number of hydrogen-bond donors (Lipinski definition) is 2. The summed E-state index contributed by atoms with van der Waals surface area (Å²) < 4.78 is 4.91. The predicted octanol–water partition coefficient (Wildman–Crippen LogP) is 0.461. The van der Waals surface area contributed by atoms with Gasteiger partial charge in [-0.2, -0.15) is 0 Å². The molecule has 0 unspecified atom stereocenters. The molecule has 0 bridgehead atoms. The van der Waals surface area contributed by atoms with Crippen LogP contribution in [0.15, 0.2) is 0 Å². The second-order valence-electron chi connectivity index (χ2n) is 5.26. The number of rotatable bonds is 9. The highest BCUT2D eigenvalue weighted by atomic mass is 16.5. The summed E-state index contributed by atoms with van der Waals surface area (Å²) in [6, 6.07) is 0. The van der Waals surface area contributed by atoms with Crippen molar-refractivity contribution in [2.45, 2.75) is 26.2 Å². The number of carbonyl (C=O) groups excluding carboxylic acids is 1. The summed E-state index contributed by atoms with van der Waals surface area (Å²) in [7, 11) is 1.66. The van der Waals surface area contributed by atoms with Crippen molar-refractivity contribution in [1.82, 2.24) is 15.5 Å². The number of ether oxygens (including phenoxy) is 1. The van der Waals surface area contributed by atoms with Crippen LogP contribution in [0.25, 0.3) is 0 Å². The highest BCUT2D eigenvalue weighted by molar-refractivity contribution is 5.77. The fourth-order valence-corrected chi connectivity index (χ4v) is 2.43. The molecule has 0 aromatic heterocycles. The Kier molecular flexibility index (Phi) is 8.79. The predicted molar refractivity (Wildman–Crippen MR) is 77.2 cm³/mol. The third-order valence-corrected chi connectivity index (χ3v) is 3.60. The molecule has 0 radical (unpaired) electrons. The number of nitrogens with one attached hydrogen (secondary N) is 2. The van der Waals surface area contributed by atoms with Crippen LogP contribution in [0.5, 0.6) is 0 Å². The van der Waals surface area contributed by atoms with Crippen molar-refractivity contribution in [3.8, 4) is 0 Å². The summed E-state index contributed by atoms with van der Waals surface area (Å²) in [5.41, 5.74) is 0. The van der Waals surface area contributed by atoms with E-state index in [-0.39, 0.29) is 5.91 Å². The molecule has 1 aliphatic rings. The molecule has 112 valence electrons. The van der Waals surface area contributed by atoms with Gasteiger partial charge in [-0.1, -0.05) is 6.92 Å². The third kappa shape index (κ3) is 7.50. The molecule has 1 heterocycles. The molecule has 1 fully saturated rings. The smallest absolute Gasteiger partial charge is 0.233 e. The molecular weight excluding hydrogens is 242 g/mol. The van der Waals surface area contributed by atoms with Crippen molar-refractivity contribution in [2.75, 3.05) is 53.0 Å². The van der Waals surface area contributed by atoms with Gasteiger partial charge in [0, 0.05) is 20.2 Å². The normalized spacial score (nSPS) is 17.6. The molecule has 1 aliphatic heterocycles. The fraction of sp³-hybridized carbons (Fsp3) is 0.929. The lowest BCUT2D eigenvalue weighted by Crippen LogP contribution is -2.41. The van der Waals surface area contributed by atoms with Gasteiger partial charge in [-0.15, -0.1) is 0 Å². The summed E-state index contributed by atoms with van der Waals surface area (Å²) in [4.78, 5) is 14.1. The topological polar surface area (TPSA) is 53.6 Å². The SMILES string of the molecule is CCCN1CCC(CNC(=O)CNCCOC)CC1. The first-order chi connectivity index (χ1) is 9.26. The maximum absolute atomic E-state index is 11.6. The van der Waals surface area contributed by atoms with Gasteiger partial charge in [-0.05, 0) is 44.8 Å². The zero-order valence-corrected chi connectivity index (χ0v) is 12.4. The first-order valence-corrected chi connectivity index (χ1v) is 7.45. The lowest BCUT2D eigenvalue weighted by molar-refractivity contribution is -0.120. The van der Waals surface area contributed by atoms with Crippen LogP contribution in [0.3, 0.4) is 0 Å². The zero-order valence-electron chi connectivity index (χ0n) is 12.4. The van der Waals surface area contributed by atoms with Gasteiger partial charge in [0.25, 0.3) is 0 Å². The van der Waals surface area contributed by atoms with E-state index < -0.39 is 0 Å². The lowest BCUT2D eigenvalue weighted by Gasteiger charge is -2.31. The molecule has 0 atom stereocenters. The molecule has 0 aliphatic carbocycles. The van der Waals surface area contributed by atoms with Crippen molar-refractivity contribution >= 4 is 5.91 Å². The minimum atomic E-state index is 0.0899. The number of nitrogens with zero attached hydrogens (tertiary/aromatic N) is 1. The summed E-state index contributed by atoms with van der Waals surface area (Å²) in [5.74, 6) is 0.739. The first-order valence-electron chi connectivity index (χ1n) is 7.45. The van der Waals surface area contributed by atoms with Crippen LogP contribution >= 0.6 is 0 Å². The van der Waals surface area contributed by atoms with Gasteiger partial charge in [0.15, 0.2) is 0 Å². The van der Waals surface area contributed by atoms with Crippen molar-refractivity contribution in [2.24, 2.45) is 5.92 Å². The number of piperidine rings is 1. The Labute approximate surface area is 117 Å². The molecule has 0 spiro atoms. The van der Waals surface area contributed by atoms with Gasteiger partial charge >= 0.3 is 0 Å². The van der Waals surface area contributed by atoms with Crippen LogP contribution in [0, 0.1) is 5.92 Å². The zero-order chi connectivity index (χ0) is 13.9. The second kappa shape index (κ2) is 10.2. The van der Waals surface area contributed by atoms with Crippen LogP contribution in [-0.2, 0) is 9.53 Å². The van der Waals surface area contributed by atoms with Gasteiger partial charge in [0.2, 0.25) is 5.91 Å². The number of carbonyl (C=O) groups is 1. The molecule has 19 heavy (non-hydrogen) atoms. The van der Waals surface area contributed by atoms with Crippen LogP contribution in [0.4, 0.5) is 0 Å². The summed E-state index contributed by atoms with van der Waals surface area (Å²) >= 11 is 0.